The van der Waals surface area contributed by atoms with Crippen molar-refractivity contribution in [1.29, 1.82) is 5.41 Å². The number of nitrogens with zero attached hydrogens (tertiary/aromatic N) is 2. The van der Waals surface area contributed by atoms with Crippen LogP contribution in [-0.2, 0) is 6.18 Å². The molecule has 3 aromatic rings. The Morgan fingerprint density at radius 2 is 1.92 bits per heavy atom. The monoisotopic (exact) mass is 347 g/mol. The SMILES string of the molecule is N=C(N)NC(=O)c1cn(-c2nccc3ccccc23)cc1C(F)(F)F. The number of pyridine rings is 1. The number of carbonyl (C=O) groups excluding carboxylic acids is 1. The molecule has 0 aliphatic carbocycles. The molecule has 0 radical (unpaired) electrons. The number of benzene rings is 1. The molecule has 0 saturated heterocycles. The normalized spacial score (nSPS) is 11.5. The summed E-state index contributed by atoms with van der Waals surface area (Å²) in [7, 11) is 0. The third-order valence-corrected chi connectivity index (χ3v) is 3.52. The van der Waals surface area contributed by atoms with Gasteiger partial charge in [-0.3, -0.25) is 15.5 Å². The molecule has 0 saturated carbocycles. The standard InChI is InChI=1S/C16H12F3N5O/c17-16(18,19)12-8-24(7-11(12)14(25)23-15(20)21)13-10-4-2-1-3-9(10)5-6-22-13/h1-8H,(H4,20,21,23,25). The molecule has 0 aliphatic rings. The van der Waals surface area contributed by atoms with Crippen molar-refractivity contribution in [3.05, 3.63) is 60.0 Å². The summed E-state index contributed by atoms with van der Waals surface area (Å²) in [4.78, 5) is 16.1. The maximum Gasteiger partial charge on any atom is 0.418 e. The number of hydrogen-bond acceptors (Lipinski definition) is 3. The number of carbonyl (C=O) groups is 1. The number of nitrogens with one attached hydrogen (secondary N) is 2. The molecule has 0 unspecified atom stereocenters. The molecule has 0 aliphatic heterocycles. The van der Waals surface area contributed by atoms with Crippen molar-refractivity contribution >= 4 is 22.6 Å². The molecule has 3 rings (SSSR count). The molecule has 25 heavy (non-hydrogen) atoms. The number of amides is 1. The summed E-state index contributed by atoms with van der Waals surface area (Å²) in [6.07, 6.45) is -1.46. The maximum absolute atomic E-state index is 13.3. The third kappa shape index (κ3) is 3.16. The van der Waals surface area contributed by atoms with Gasteiger partial charge in [0, 0.05) is 24.0 Å². The topological polar surface area (TPSA) is 96.8 Å². The molecule has 1 aromatic carbocycles. The highest BCUT2D eigenvalue weighted by Crippen LogP contribution is 2.34. The quantitative estimate of drug-likeness (QED) is 0.491. The summed E-state index contributed by atoms with van der Waals surface area (Å²) in [6, 6.07) is 8.80. The summed E-state index contributed by atoms with van der Waals surface area (Å²) in [6.45, 7) is 0. The van der Waals surface area contributed by atoms with Crippen LogP contribution in [-0.4, -0.2) is 21.4 Å². The van der Waals surface area contributed by atoms with E-state index in [1.54, 1.807) is 30.3 Å². The Labute approximate surface area is 139 Å². The van der Waals surface area contributed by atoms with Crippen molar-refractivity contribution in [3.63, 3.8) is 0 Å². The van der Waals surface area contributed by atoms with Gasteiger partial charge in [0.1, 0.15) is 5.82 Å². The number of halogens is 3. The van der Waals surface area contributed by atoms with E-state index < -0.39 is 29.2 Å². The molecule has 0 bridgehead atoms. The number of nitrogens with two attached hydrogens (primary N) is 1. The second kappa shape index (κ2) is 5.93. The number of fused-ring (bicyclic) bond motifs is 1. The molecule has 4 N–H and O–H groups in total. The molecule has 0 spiro atoms. The summed E-state index contributed by atoms with van der Waals surface area (Å²) in [5, 5.41) is 10.3. The molecule has 128 valence electrons. The lowest BCUT2D eigenvalue weighted by Crippen LogP contribution is -2.36. The van der Waals surface area contributed by atoms with Gasteiger partial charge in [-0.2, -0.15) is 13.2 Å². The highest BCUT2D eigenvalue weighted by molar-refractivity contribution is 6.05. The van der Waals surface area contributed by atoms with E-state index >= 15 is 0 Å². The van der Waals surface area contributed by atoms with Crippen LogP contribution in [0.5, 0.6) is 0 Å². The van der Waals surface area contributed by atoms with Gasteiger partial charge in [-0.05, 0) is 11.5 Å². The Bertz CT molecular complexity index is 972. The first-order valence-corrected chi connectivity index (χ1v) is 7.06. The molecular formula is C16H12F3N5O. The fourth-order valence-electron chi connectivity index (χ4n) is 2.48. The van der Waals surface area contributed by atoms with Gasteiger partial charge in [-0.1, -0.05) is 24.3 Å². The second-order valence-electron chi connectivity index (χ2n) is 5.21. The van der Waals surface area contributed by atoms with Gasteiger partial charge in [0.15, 0.2) is 5.96 Å². The van der Waals surface area contributed by atoms with E-state index in [1.807, 2.05) is 5.32 Å². The van der Waals surface area contributed by atoms with Crippen LogP contribution in [0.4, 0.5) is 13.2 Å². The highest BCUT2D eigenvalue weighted by atomic mass is 19.4. The first kappa shape index (κ1) is 16.5. The van der Waals surface area contributed by atoms with E-state index in [0.717, 1.165) is 22.3 Å². The second-order valence-corrected chi connectivity index (χ2v) is 5.21. The molecule has 9 heteroatoms. The summed E-state index contributed by atoms with van der Waals surface area (Å²) < 4.78 is 41.0. The largest absolute Gasteiger partial charge is 0.418 e. The Morgan fingerprint density at radius 1 is 1.20 bits per heavy atom. The van der Waals surface area contributed by atoms with Crippen molar-refractivity contribution < 1.29 is 18.0 Å². The Kier molecular flexibility index (Phi) is 3.91. The molecule has 1 amide bonds. The van der Waals surface area contributed by atoms with Crippen molar-refractivity contribution in [2.75, 3.05) is 0 Å². The van der Waals surface area contributed by atoms with Gasteiger partial charge < -0.3 is 10.3 Å². The van der Waals surface area contributed by atoms with Crippen molar-refractivity contribution in [2.24, 2.45) is 5.73 Å². The Balaban J connectivity index is 2.19. The maximum atomic E-state index is 13.3. The predicted octanol–water partition coefficient (Wildman–Crippen LogP) is 2.67. The minimum Gasteiger partial charge on any atom is -0.370 e. The number of alkyl halides is 3. The van der Waals surface area contributed by atoms with Gasteiger partial charge in [0.25, 0.3) is 5.91 Å². The smallest absolute Gasteiger partial charge is 0.370 e. The van der Waals surface area contributed by atoms with Crippen LogP contribution < -0.4 is 11.1 Å². The number of rotatable bonds is 2. The van der Waals surface area contributed by atoms with Crippen LogP contribution in [0, 0.1) is 5.41 Å². The molecule has 6 nitrogen and oxygen atoms in total. The van der Waals surface area contributed by atoms with Crippen LogP contribution in [0.25, 0.3) is 16.6 Å². The van der Waals surface area contributed by atoms with Gasteiger partial charge in [-0.15, -0.1) is 0 Å². The van der Waals surface area contributed by atoms with Gasteiger partial charge in [0.05, 0.1) is 11.1 Å². The average molecular weight is 347 g/mol. The first-order valence-electron chi connectivity index (χ1n) is 7.06. The molecule has 0 atom stereocenters. The highest BCUT2D eigenvalue weighted by Gasteiger charge is 2.37. The van der Waals surface area contributed by atoms with Crippen molar-refractivity contribution in [1.82, 2.24) is 14.9 Å². The van der Waals surface area contributed by atoms with E-state index in [4.69, 9.17) is 11.1 Å². The average Bonchev–Trinajstić information content (AvgIpc) is 2.99. The summed E-state index contributed by atoms with van der Waals surface area (Å²) >= 11 is 0. The van der Waals surface area contributed by atoms with Crippen LogP contribution in [0.2, 0.25) is 0 Å². The third-order valence-electron chi connectivity index (χ3n) is 3.52. The molecule has 2 heterocycles. The summed E-state index contributed by atoms with van der Waals surface area (Å²) in [5.41, 5.74) is 3.25. The minimum atomic E-state index is -4.75. The zero-order valence-electron chi connectivity index (χ0n) is 12.6. The van der Waals surface area contributed by atoms with Gasteiger partial charge in [0.2, 0.25) is 0 Å². The van der Waals surface area contributed by atoms with E-state index in [1.165, 1.54) is 6.20 Å². The molecular weight excluding hydrogens is 335 g/mol. The van der Waals surface area contributed by atoms with Crippen LogP contribution in [0.1, 0.15) is 15.9 Å². The number of aromatic nitrogens is 2. The van der Waals surface area contributed by atoms with Crippen LogP contribution >= 0.6 is 0 Å². The lowest BCUT2D eigenvalue weighted by Gasteiger charge is -2.07. The first-order chi connectivity index (χ1) is 11.8. The van der Waals surface area contributed by atoms with Crippen molar-refractivity contribution in [3.8, 4) is 5.82 Å². The zero-order chi connectivity index (χ0) is 18.2. The Morgan fingerprint density at radius 3 is 2.60 bits per heavy atom. The predicted molar refractivity (Wildman–Crippen MR) is 85.5 cm³/mol. The molecule has 0 fully saturated rings. The van der Waals surface area contributed by atoms with Gasteiger partial charge >= 0.3 is 6.18 Å². The zero-order valence-corrected chi connectivity index (χ0v) is 12.6. The number of hydrogen-bond donors (Lipinski definition) is 3. The lowest BCUT2D eigenvalue weighted by atomic mass is 10.1. The van der Waals surface area contributed by atoms with Crippen molar-refractivity contribution in [2.45, 2.75) is 6.18 Å². The number of guanidine groups is 1. The lowest BCUT2D eigenvalue weighted by molar-refractivity contribution is -0.137. The fourth-order valence-corrected chi connectivity index (χ4v) is 2.48. The van der Waals surface area contributed by atoms with E-state index in [-0.39, 0.29) is 5.82 Å². The fraction of sp³-hybridized carbons (Fsp3) is 0.0625. The van der Waals surface area contributed by atoms with E-state index in [2.05, 4.69) is 4.98 Å². The van der Waals surface area contributed by atoms with E-state index in [0.29, 0.717) is 5.39 Å². The van der Waals surface area contributed by atoms with Crippen LogP contribution in [0.15, 0.2) is 48.9 Å². The van der Waals surface area contributed by atoms with Gasteiger partial charge in [-0.25, -0.2) is 4.98 Å². The minimum absolute atomic E-state index is 0.255. The molecule has 2 aromatic heterocycles. The Hall–Kier alpha value is -3.36. The summed E-state index contributed by atoms with van der Waals surface area (Å²) in [5.74, 6) is -1.60. The van der Waals surface area contributed by atoms with Crippen LogP contribution in [0.3, 0.4) is 0 Å². The van der Waals surface area contributed by atoms with E-state index in [9.17, 15) is 18.0 Å².